The van der Waals surface area contributed by atoms with Gasteiger partial charge < -0.3 is 15.5 Å². The van der Waals surface area contributed by atoms with Gasteiger partial charge in [-0.05, 0) is 19.9 Å². The highest BCUT2D eigenvalue weighted by Gasteiger charge is 2.14. The first kappa shape index (κ1) is 14.0. The van der Waals surface area contributed by atoms with Crippen LogP contribution >= 0.6 is 0 Å². The highest BCUT2D eigenvalue weighted by atomic mass is 16.4. The van der Waals surface area contributed by atoms with Crippen LogP contribution in [-0.4, -0.2) is 44.9 Å². The van der Waals surface area contributed by atoms with E-state index in [1.54, 1.807) is 19.9 Å². The standard InChI is InChI=1S/C11H15N3O4/c1-6-5-8(7(2)14-13-6)10(16)12-4-3-9(15)11(17)18/h5,9,15H,3-4H2,1-2H3,(H,12,16)(H,17,18). The normalized spacial score (nSPS) is 11.9. The molecule has 7 heteroatoms. The SMILES string of the molecule is Cc1cc(C(=O)NCCC(O)C(=O)O)c(C)nn1. The summed E-state index contributed by atoms with van der Waals surface area (Å²) in [6.07, 6.45) is -1.51. The summed E-state index contributed by atoms with van der Waals surface area (Å²) in [5.41, 5.74) is 1.51. The highest BCUT2D eigenvalue weighted by Crippen LogP contribution is 2.05. The Bertz CT molecular complexity index is 462. The number of aliphatic carboxylic acids is 1. The monoisotopic (exact) mass is 253 g/mol. The fourth-order valence-corrected chi connectivity index (χ4v) is 1.32. The number of rotatable bonds is 5. The van der Waals surface area contributed by atoms with E-state index in [9.17, 15) is 9.59 Å². The molecule has 1 heterocycles. The van der Waals surface area contributed by atoms with E-state index in [0.29, 0.717) is 17.0 Å². The minimum atomic E-state index is -1.47. The Morgan fingerprint density at radius 3 is 2.67 bits per heavy atom. The number of hydrogen-bond donors (Lipinski definition) is 3. The molecule has 1 aromatic heterocycles. The zero-order chi connectivity index (χ0) is 13.7. The number of carbonyl (C=O) groups excluding carboxylic acids is 1. The summed E-state index contributed by atoms with van der Waals surface area (Å²) in [6, 6.07) is 1.60. The van der Waals surface area contributed by atoms with Crippen LogP contribution in [0.25, 0.3) is 0 Å². The molecule has 0 aliphatic carbocycles. The number of carboxylic acids is 1. The molecule has 0 aromatic carbocycles. The minimum absolute atomic E-state index is 0.0440. The van der Waals surface area contributed by atoms with E-state index in [-0.39, 0.29) is 18.9 Å². The van der Waals surface area contributed by atoms with E-state index in [1.807, 2.05) is 0 Å². The smallest absolute Gasteiger partial charge is 0.332 e. The molecular weight excluding hydrogens is 238 g/mol. The van der Waals surface area contributed by atoms with Crippen molar-refractivity contribution < 1.29 is 19.8 Å². The van der Waals surface area contributed by atoms with Crippen LogP contribution in [0.4, 0.5) is 0 Å². The summed E-state index contributed by atoms with van der Waals surface area (Å²) >= 11 is 0. The van der Waals surface area contributed by atoms with Gasteiger partial charge in [0, 0.05) is 13.0 Å². The second-order valence-electron chi connectivity index (χ2n) is 3.88. The second kappa shape index (κ2) is 6.06. The number of carboxylic acid groups (broad SMARTS) is 1. The first-order valence-electron chi connectivity index (χ1n) is 5.42. The van der Waals surface area contributed by atoms with Gasteiger partial charge in [-0.3, -0.25) is 4.79 Å². The second-order valence-corrected chi connectivity index (χ2v) is 3.88. The lowest BCUT2D eigenvalue weighted by molar-refractivity contribution is -0.146. The number of nitrogens with one attached hydrogen (secondary N) is 1. The molecule has 0 saturated carbocycles. The summed E-state index contributed by atoms with van der Waals surface area (Å²) in [5, 5.41) is 27.6. The molecular formula is C11H15N3O4. The predicted octanol–water partition coefficient (Wildman–Crippen LogP) is -0.341. The Kier molecular flexibility index (Phi) is 4.73. The molecule has 98 valence electrons. The lowest BCUT2D eigenvalue weighted by atomic mass is 10.2. The maximum absolute atomic E-state index is 11.8. The van der Waals surface area contributed by atoms with Gasteiger partial charge in [0.25, 0.3) is 5.91 Å². The quantitative estimate of drug-likeness (QED) is 0.661. The van der Waals surface area contributed by atoms with Crippen molar-refractivity contribution in [2.45, 2.75) is 26.4 Å². The molecule has 3 N–H and O–H groups in total. The fraction of sp³-hybridized carbons (Fsp3) is 0.455. The molecule has 0 bridgehead atoms. The predicted molar refractivity (Wildman–Crippen MR) is 62.1 cm³/mol. The number of amides is 1. The van der Waals surface area contributed by atoms with Gasteiger partial charge in [0.05, 0.1) is 17.0 Å². The van der Waals surface area contributed by atoms with Crippen molar-refractivity contribution in [1.29, 1.82) is 0 Å². The summed E-state index contributed by atoms with van der Waals surface area (Å²) in [4.78, 5) is 22.1. The van der Waals surface area contributed by atoms with E-state index in [4.69, 9.17) is 10.2 Å². The summed E-state index contributed by atoms with van der Waals surface area (Å²) in [7, 11) is 0. The van der Waals surface area contributed by atoms with Crippen molar-refractivity contribution in [3.63, 3.8) is 0 Å². The van der Waals surface area contributed by atoms with Crippen LogP contribution in [0.15, 0.2) is 6.07 Å². The topological polar surface area (TPSA) is 112 Å². The molecule has 1 unspecified atom stereocenters. The number of aliphatic hydroxyl groups is 1. The van der Waals surface area contributed by atoms with Gasteiger partial charge in [0.1, 0.15) is 0 Å². The Morgan fingerprint density at radius 1 is 1.39 bits per heavy atom. The van der Waals surface area contributed by atoms with E-state index < -0.39 is 12.1 Å². The third kappa shape index (κ3) is 3.77. The number of carbonyl (C=O) groups is 2. The van der Waals surface area contributed by atoms with Crippen LogP contribution < -0.4 is 5.32 Å². The van der Waals surface area contributed by atoms with Crippen molar-refractivity contribution in [3.05, 3.63) is 23.0 Å². The summed E-state index contributed by atoms with van der Waals surface area (Å²) < 4.78 is 0. The van der Waals surface area contributed by atoms with E-state index in [1.165, 1.54) is 0 Å². The Morgan fingerprint density at radius 2 is 2.06 bits per heavy atom. The molecule has 1 aromatic rings. The molecule has 0 spiro atoms. The van der Waals surface area contributed by atoms with E-state index in [0.717, 1.165) is 0 Å². The van der Waals surface area contributed by atoms with Crippen LogP contribution in [0.3, 0.4) is 0 Å². The van der Waals surface area contributed by atoms with Gasteiger partial charge in [-0.2, -0.15) is 10.2 Å². The number of aromatic nitrogens is 2. The molecule has 0 fully saturated rings. The molecule has 7 nitrogen and oxygen atoms in total. The Balaban J connectivity index is 2.55. The maximum Gasteiger partial charge on any atom is 0.332 e. The van der Waals surface area contributed by atoms with Crippen LogP contribution in [0, 0.1) is 13.8 Å². The van der Waals surface area contributed by atoms with Crippen LogP contribution in [0.5, 0.6) is 0 Å². The molecule has 0 radical (unpaired) electrons. The fourth-order valence-electron chi connectivity index (χ4n) is 1.32. The highest BCUT2D eigenvalue weighted by molar-refractivity contribution is 5.95. The molecule has 18 heavy (non-hydrogen) atoms. The zero-order valence-electron chi connectivity index (χ0n) is 10.2. The lowest BCUT2D eigenvalue weighted by Gasteiger charge is -2.08. The van der Waals surface area contributed by atoms with Gasteiger partial charge in [-0.25, -0.2) is 4.79 Å². The van der Waals surface area contributed by atoms with Gasteiger partial charge in [0.15, 0.2) is 6.10 Å². The van der Waals surface area contributed by atoms with E-state index in [2.05, 4.69) is 15.5 Å². The Hall–Kier alpha value is -2.02. The molecule has 1 rings (SSSR count). The Labute approximate surface area is 104 Å². The van der Waals surface area contributed by atoms with Crippen molar-refractivity contribution in [3.8, 4) is 0 Å². The number of hydrogen-bond acceptors (Lipinski definition) is 5. The largest absolute Gasteiger partial charge is 0.479 e. The average Bonchev–Trinajstić information content (AvgIpc) is 2.31. The maximum atomic E-state index is 11.8. The molecule has 0 saturated heterocycles. The average molecular weight is 253 g/mol. The third-order valence-corrected chi connectivity index (χ3v) is 2.33. The number of aliphatic hydroxyl groups excluding tert-OH is 1. The number of nitrogens with zero attached hydrogens (tertiary/aromatic N) is 2. The molecule has 1 atom stereocenters. The van der Waals surface area contributed by atoms with Crippen molar-refractivity contribution >= 4 is 11.9 Å². The summed E-state index contributed by atoms with van der Waals surface area (Å²) in [6.45, 7) is 3.46. The lowest BCUT2D eigenvalue weighted by Crippen LogP contribution is -2.30. The first-order valence-corrected chi connectivity index (χ1v) is 5.42. The third-order valence-electron chi connectivity index (χ3n) is 2.33. The van der Waals surface area contributed by atoms with Crippen LogP contribution in [0.1, 0.15) is 28.2 Å². The molecule has 1 amide bonds. The van der Waals surface area contributed by atoms with Crippen LogP contribution in [0.2, 0.25) is 0 Å². The van der Waals surface area contributed by atoms with Gasteiger partial charge in [0.2, 0.25) is 0 Å². The van der Waals surface area contributed by atoms with Crippen molar-refractivity contribution in [2.75, 3.05) is 6.54 Å². The van der Waals surface area contributed by atoms with Crippen molar-refractivity contribution in [2.24, 2.45) is 0 Å². The van der Waals surface area contributed by atoms with E-state index >= 15 is 0 Å². The number of aryl methyl sites for hydroxylation is 2. The van der Waals surface area contributed by atoms with Crippen LogP contribution in [-0.2, 0) is 4.79 Å². The molecule has 0 aliphatic heterocycles. The molecule has 0 aliphatic rings. The van der Waals surface area contributed by atoms with Crippen molar-refractivity contribution in [1.82, 2.24) is 15.5 Å². The van der Waals surface area contributed by atoms with Gasteiger partial charge >= 0.3 is 5.97 Å². The summed E-state index contributed by atoms with van der Waals surface area (Å²) in [5.74, 6) is -1.66. The minimum Gasteiger partial charge on any atom is -0.479 e. The zero-order valence-corrected chi connectivity index (χ0v) is 10.2. The first-order chi connectivity index (χ1) is 8.41. The van der Waals surface area contributed by atoms with Gasteiger partial charge in [-0.1, -0.05) is 0 Å². The van der Waals surface area contributed by atoms with Gasteiger partial charge in [-0.15, -0.1) is 0 Å².